The zero-order valence-electron chi connectivity index (χ0n) is 18.9. The van der Waals surface area contributed by atoms with Crippen molar-refractivity contribution in [1.29, 1.82) is 0 Å². The van der Waals surface area contributed by atoms with E-state index < -0.39 is 15.6 Å². The Morgan fingerprint density at radius 1 is 1.11 bits per heavy atom. The second kappa shape index (κ2) is 10.8. The number of benzene rings is 2. The summed E-state index contributed by atoms with van der Waals surface area (Å²) in [5.41, 5.74) is 1.36. The molecule has 0 aliphatic rings. The highest BCUT2D eigenvalue weighted by Gasteiger charge is 2.18. The molecule has 0 aliphatic carbocycles. The molecular formula is C23H21Cl2N5O5S. The number of hydrogen-bond donors (Lipinski definition) is 3. The maximum atomic E-state index is 13.2. The van der Waals surface area contributed by atoms with E-state index in [1.165, 1.54) is 13.3 Å². The summed E-state index contributed by atoms with van der Waals surface area (Å²) < 4.78 is 27.6. The van der Waals surface area contributed by atoms with Crippen LogP contribution in [0.25, 0.3) is 22.2 Å². The van der Waals surface area contributed by atoms with Crippen molar-refractivity contribution in [3.63, 3.8) is 0 Å². The largest absolute Gasteiger partial charge is 0.412 e. The van der Waals surface area contributed by atoms with Crippen molar-refractivity contribution in [3.8, 4) is 11.1 Å². The molecule has 2 aromatic carbocycles. The van der Waals surface area contributed by atoms with Gasteiger partial charge in [-0.1, -0.05) is 41.4 Å². The van der Waals surface area contributed by atoms with Crippen molar-refractivity contribution >= 4 is 55.9 Å². The van der Waals surface area contributed by atoms with E-state index in [4.69, 9.17) is 33.1 Å². The van der Waals surface area contributed by atoms with Gasteiger partial charge in [0.25, 0.3) is 5.56 Å². The first kappa shape index (κ1) is 25.9. The number of anilines is 2. The molecular weight excluding hydrogens is 529 g/mol. The maximum Gasteiger partial charge on any atom is 0.293 e. The van der Waals surface area contributed by atoms with Crippen molar-refractivity contribution in [1.82, 2.24) is 19.4 Å². The lowest BCUT2D eigenvalue weighted by molar-refractivity contribution is 0.168. The minimum Gasteiger partial charge on any atom is -0.412 e. The third kappa shape index (κ3) is 5.61. The molecule has 0 aliphatic heterocycles. The molecule has 13 heteroatoms. The van der Waals surface area contributed by atoms with Crippen LogP contribution in [0.1, 0.15) is 5.56 Å². The standard InChI is InChI=1S/C23H21Cl2N5O5S/c1-35-30-21-15(11-17(22(30)32)20-18(24)6-3-7-19(20)25)12-26-23(29-21)28-16-5-2-4-14(10-16)13-36(33,34)27-8-9-31/h2-7,10-12,27,31H,8-9,13H2,1H3,(H,26,28,29). The lowest BCUT2D eigenvalue weighted by Crippen LogP contribution is -2.27. The molecule has 0 bridgehead atoms. The van der Waals surface area contributed by atoms with Gasteiger partial charge in [-0.05, 0) is 35.9 Å². The summed E-state index contributed by atoms with van der Waals surface area (Å²) in [4.78, 5) is 27.3. The van der Waals surface area contributed by atoms with Gasteiger partial charge in [0.05, 0.1) is 28.0 Å². The van der Waals surface area contributed by atoms with E-state index in [-0.39, 0.29) is 36.1 Å². The minimum atomic E-state index is -3.60. The predicted octanol–water partition coefficient (Wildman–Crippen LogP) is 2.98. The summed E-state index contributed by atoms with van der Waals surface area (Å²) in [5.74, 6) is -0.104. The quantitative estimate of drug-likeness (QED) is 0.290. The van der Waals surface area contributed by atoms with Gasteiger partial charge in [-0.3, -0.25) is 4.79 Å². The molecule has 0 radical (unpaired) electrons. The van der Waals surface area contributed by atoms with Crippen molar-refractivity contribution in [2.24, 2.45) is 0 Å². The number of sulfonamides is 1. The van der Waals surface area contributed by atoms with Crippen LogP contribution < -0.4 is 20.4 Å². The van der Waals surface area contributed by atoms with Gasteiger partial charge in [-0.2, -0.15) is 4.98 Å². The minimum absolute atomic E-state index is 0.0587. The molecule has 0 spiro atoms. The third-order valence-electron chi connectivity index (χ3n) is 5.09. The first-order valence-electron chi connectivity index (χ1n) is 10.6. The molecule has 3 N–H and O–H groups in total. The van der Waals surface area contributed by atoms with Crippen molar-refractivity contribution < 1.29 is 18.4 Å². The van der Waals surface area contributed by atoms with Crippen LogP contribution in [0.5, 0.6) is 0 Å². The summed E-state index contributed by atoms with van der Waals surface area (Å²) in [5, 5.41) is 13.0. The summed E-state index contributed by atoms with van der Waals surface area (Å²) in [7, 11) is -2.27. The molecule has 0 atom stereocenters. The second-order valence-corrected chi connectivity index (χ2v) is 10.2. The molecule has 4 rings (SSSR count). The first-order chi connectivity index (χ1) is 17.2. The third-order valence-corrected chi connectivity index (χ3v) is 7.08. The number of nitrogens with one attached hydrogen (secondary N) is 2. The van der Waals surface area contributed by atoms with Gasteiger partial charge < -0.3 is 15.3 Å². The van der Waals surface area contributed by atoms with Gasteiger partial charge in [0.15, 0.2) is 5.65 Å². The highest BCUT2D eigenvalue weighted by atomic mass is 35.5. The van der Waals surface area contributed by atoms with Crippen LogP contribution >= 0.6 is 23.2 Å². The molecule has 0 amide bonds. The number of nitrogens with zero attached hydrogens (tertiary/aromatic N) is 3. The molecule has 10 nitrogen and oxygen atoms in total. The highest BCUT2D eigenvalue weighted by Crippen LogP contribution is 2.33. The summed E-state index contributed by atoms with van der Waals surface area (Å²) in [6.07, 6.45) is 1.51. The van der Waals surface area contributed by atoms with Crippen LogP contribution in [0, 0.1) is 0 Å². The lowest BCUT2D eigenvalue weighted by atomic mass is 10.1. The lowest BCUT2D eigenvalue weighted by Gasteiger charge is -2.13. The van der Waals surface area contributed by atoms with E-state index >= 15 is 0 Å². The van der Waals surface area contributed by atoms with Crippen LogP contribution in [-0.2, 0) is 15.8 Å². The fraction of sp³-hybridized carbons (Fsp3) is 0.174. The molecule has 0 unspecified atom stereocenters. The number of rotatable bonds is 9. The molecule has 0 fully saturated rings. The van der Waals surface area contributed by atoms with E-state index in [0.29, 0.717) is 32.2 Å². The Labute approximate surface area is 216 Å². The average Bonchev–Trinajstić information content (AvgIpc) is 2.83. The predicted molar refractivity (Wildman–Crippen MR) is 139 cm³/mol. The number of aliphatic hydroxyl groups is 1. The van der Waals surface area contributed by atoms with Crippen LogP contribution in [0.15, 0.2) is 59.5 Å². The van der Waals surface area contributed by atoms with Gasteiger partial charge in [0, 0.05) is 29.4 Å². The topological polar surface area (TPSA) is 135 Å². The Morgan fingerprint density at radius 3 is 2.53 bits per heavy atom. The van der Waals surface area contributed by atoms with E-state index in [1.54, 1.807) is 48.5 Å². The number of aliphatic hydroxyl groups excluding tert-OH is 1. The van der Waals surface area contributed by atoms with Crippen molar-refractivity contribution in [2.75, 3.05) is 25.6 Å². The van der Waals surface area contributed by atoms with Crippen LogP contribution in [-0.4, -0.2) is 48.5 Å². The summed E-state index contributed by atoms with van der Waals surface area (Å²) in [6.45, 7) is -0.351. The Bertz CT molecular complexity index is 1570. The fourth-order valence-electron chi connectivity index (χ4n) is 3.57. The number of hydrogen-bond acceptors (Lipinski definition) is 8. The molecule has 4 aromatic rings. The first-order valence-corrected chi connectivity index (χ1v) is 13.0. The van der Waals surface area contributed by atoms with E-state index in [2.05, 4.69) is 20.0 Å². The molecule has 0 saturated heterocycles. The van der Waals surface area contributed by atoms with Crippen LogP contribution in [0.4, 0.5) is 11.6 Å². The summed E-state index contributed by atoms with van der Waals surface area (Å²) in [6, 6.07) is 13.2. The zero-order valence-corrected chi connectivity index (χ0v) is 21.2. The Morgan fingerprint density at radius 2 is 1.83 bits per heavy atom. The maximum absolute atomic E-state index is 13.2. The van der Waals surface area contributed by atoms with Gasteiger partial charge in [-0.25, -0.2) is 18.1 Å². The number of pyridine rings is 1. The Hall–Kier alpha value is -3.22. The van der Waals surface area contributed by atoms with E-state index in [1.807, 2.05) is 0 Å². The molecule has 2 heterocycles. The van der Waals surface area contributed by atoms with Gasteiger partial charge >= 0.3 is 0 Å². The molecule has 36 heavy (non-hydrogen) atoms. The highest BCUT2D eigenvalue weighted by molar-refractivity contribution is 7.88. The van der Waals surface area contributed by atoms with Crippen molar-refractivity contribution in [2.45, 2.75) is 5.75 Å². The van der Waals surface area contributed by atoms with Crippen LogP contribution in [0.2, 0.25) is 10.0 Å². The second-order valence-electron chi connectivity index (χ2n) is 7.61. The number of fused-ring (bicyclic) bond motifs is 1. The summed E-state index contributed by atoms with van der Waals surface area (Å²) >= 11 is 12.6. The zero-order chi connectivity index (χ0) is 25.9. The Kier molecular flexibility index (Phi) is 7.76. The molecule has 2 aromatic heterocycles. The smallest absolute Gasteiger partial charge is 0.293 e. The SMILES string of the molecule is COn1c(=O)c(-c2c(Cl)cccc2Cl)cc2cnc(Nc3cccc(CS(=O)(=O)NCCO)c3)nc21. The molecule has 188 valence electrons. The Balaban J connectivity index is 1.69. The number of aromatic nitrogens is 3. The average molecular weight is 550 g/mol. The van der Waals surface area contributed by atoms with E-state index in [9.17, 15) is 13.2 Å². The van der Waals surface area contributed by atoms with Gasteiger partial charge in [-0.15, -0.1) is 4.73 Å². The molecule has 0 saturated carbocycles. The fourth-order valence-corrected chi connectivity index (χ4v) is 5.30. The van der Waals surface area contributed by atoms with E-state index in [0.717, 1.165) is 4.73 Å². The monoisotopic (exact) mass is 549 g/mol. The van der Waals surface area contributed by atoms with Gasteiger partial charge in [0.2, 0.25) is 16.0 Å². The van der Waals surface area contributed by atoms with Gasteiger partial charge in [0.1, 0.15) is 7.11 Å². The normalized spacial score (nSPS) is 11.6. The van der Waals surface area contributed by atoms with Crippen molar-refractivity contribution in [3.05, 3.63) is 80.7 Å². The number of halogens is 2. The van der Waals surface area contributed by atoms with Crippen LogP contribution in [0.3, 0.4) is 0 Å².